The van der Waals surface area contributed by atoms with Gasteiger partial charge in [0.2, 0.25) is 0 Å². The monoisotopic (exact) mass is 373 g/mol. The Labute approximate surface area is 157 Å². The Kier molecular flexibility index (Phi) is 7.01. The van der Waals surface area contributed by atoms with Crippen molar-refractivity contribution in [3.8, 4) is 11.5 Å². The quantitative estimate of drug-likeness (QED) is 0.596. The fraction of sp³-hybridized carbons (Fsp3) is 0.263. The van der Waals surface area contributed by atoms with Crippen molar-refractivity contribution in [3.63, 3.8) is 0 Å². The van der Waals surface area contributed by atoms with E-state index < -0.39 is 12.1 Å². The molecule has 0 aromatic heterocycles. The van der Waals surface area contributed by atoms with E-state index in [0.29, 0.717) is 28.4 Å². The number of benzene rings is 2. The van der Waals surface area contributed by atoms with E-state index in [1.54, 1.807) is 43.3 Å². The predicted octanol–water partition coefficient (Wildman–Crippen LogP) is 2.46. The molecule has 0 fully saturated rings. The second kappa shape index (κ2) is 9.44. The molecule has 27 heavy (non-hydrogen) atoms. The molecule has 3 amide bonds. The molecule has 0 radical (unpaired) electrons. The SMILES string of the molecule is COc1cc(NC(=O)c2ccccc2)c(OC)cc1NC(=O)N[C@H](C)CO. The molecule has 2 aromatic rings. The lowest BCUT2D eigenvalue weighted by atomic mass is 10.2. The van der Waals surface area contributed by atoms with Crippen molar-refractivity contribution in [2.24, 2.45) is 0 Å². The van der Waals surface area contributed by atoms with Gasteiger partial charge in [0.25, 0.3) is 5.91 Å². The number of aliphatic hydroxyl groups is 1. The maximum Gasteiger partial charge on any atom is 0.319 e. The van der Waals surface area contributed by atoms with E-state index in [-0.39, 0.29) is 12.5 Å². The average Bonchev–Trinajstić information content (AvgIpc) is 2.68. The van der Waals surface area contributed by atoms with E-state index in [1.807, 2.05) is 6.07 Å². The number of ether oxygens (including phenoxy) is 2. The highest BCUT2D eigenvalue weighted by atomic mass is 16.5. The first-order chi connectivity index (χ1) is 13.0. The first-order valence-corrected chi connectivity index (χ1v) is 8.29. The fourth-order valence-electron chi connectivity index (χ4n) is 2.30. The van der Waals surface area contributed by atoms with Crippen LogP contribution in [0.5, 0.6) is 11.5 Å². The molecule has 0 unspecified atom stereocenters. The summed E-state index contributed by atoms with van der Waals surface area (Å²) in [7, 11) is 2.90. The summed E-state index contributed by atoms with van der Waals surface area (Å²) in [6.07, 6.45) is 0. The summed E-state index contributed by atoms with van der Waals surface area (Å²) in [5, 5.41) is 17.0. The van der Waals surface area contributed by atoms with Crippen LogP contribution in [0.3, 0.4) is 0 Å². The molecule has 0 saturated carbocycles. The largest absolute Gasteiger partial charge is 0.494 e. The molecule has 0 heterocycles. The Morgan fingerprint density at radius 1 is 1.00 bits per heavy atom. The van der Waals surface area contributed by atoms with Gasteiger partial charge in [0.1, 0.15) is 11.5 Å². The van der Waals surface area contributed by atoms with E-state index in [2.05, 4.69) is 16.0 Å². The van der Waals surface area contributed by atoms with Crippen LogP contribution < -0.4 is 25.4 Å². The van der Waals surface area contributed by atoms with Gasteiger partial charge < -0.3 is 30.5 Å². The molecule has 144 valence electrons. The lowest BCUT2D eigenvalue weighted by Crippen LogP contribution is -2.38. The Bertz CT molecular complexity index is 795. The van der Waals surface area contributed by atoms with Crippen LogP contribution in [0.15, 0.2) is 42.5 Å². The maximum atomic E-state index is 12.4. The smallest absolute Gasteiger partial charge is 0.319 e. The zero-order valence-corrected chi connectivity index (χ0v) is 15.4. The van der Waals surface area contributed by atoms with E-state index in [0.717, 1.165) is 0 Å². The average molecular weight is 373 g/mol. The second-order valence-corrected chi connectivity index (χ2v) is 5.76. The Morgan fingerprint density at radius 3 is 2.07 bits per heavy atom. The molecule has 0 spiro atoms. The number of hydrogen-bond acceptors (Lipinski definition) is 5. The zero-order valence-electron chi connectivity index (χ0n) is 15.4. The summed E-state index contributed by atoms with van der Waals surface area (Å²) in [5.74, 6) is 0.391. The molecule has 0 saturated heterocycles. The third-order valence-corrected chi connectivity index (χ3v) is 3.71. The third kappa shape index (κ3) is 5.35. The van der Waals surface area contributed by atoms with Crippen molar-refractivity contribution >= 4 is 23.3 Å². The first-order valence-electron chi connectivity index (χ1n) is 8.29. The van der Waals surface area contributed by atoms with Gasteiger partial charge in [-0.15, -0.1) is 0 Å². The van der Waals surface area contributed by atoms with E-state index >= 15 is 0 Å². The molecule has 1 atom stereocenters. The van der Waals surface area contributed by atoms with Gasteiger partial charge in [-0.2, -0.15) is 0 Å². The lowest BCUT2D eigenvalue weighted by Gasteiger charge is -2.17. The molecule has 8 nitrogen and oxygen atoms in total. The summed E-state index contributed by atoms with van der Waals surface area (Å²) < 4.78 is 10.6. The van der Waals surface area contributed by atoms with Gasteiger partial charge in [-0.05, 0) is 19.1 Å². The molecule has 2 rings (SSSR count). The number of carbonyl (C=O) groups is 2. The highest BCUT2D eigenvalue weighted by molar-refractivity contribution is 6.05. The molecule has 0 aliphatic heterocycles. The lowest BCUT2D eigenvalue weighted by molar-refractivity contribution is 0.102. The number of hydrogen-bond donors (Lipinski definition) is 4. The van der Waals surface area contributed by atoms with Crippen molar-refractivity contribution < 1.29 is 24.2 Å². The van der Waals surface area contributed by atoms with Crippen LogP contribution in [0.1, 0.15) is 17.3 Å². The van der Waals surface area contributed by atoms with Crippen LogP contribution in [0.25, 0.3) is 0 Å². The molecular weight excluding hydrogens is 350 g/mol. The van der Waals surface area contributed by atoms with Crippen LogP contribution in [-0.4, -0.2) is 43.9 Å². The van der Waals surface area contributed by atoms with Crippen molar-refractivity contribution in [2.75, 3.05) is 31.5 Å². The van der Waals surface area contributed by atoms with E-state index in [1.165, 1.54) is 14.2 Å². The van der Waals surface area contributed by atoms with Crippen molar-refractivity contribution in [1.29, 1.82) is 0 Å². The molecular formula is C19H23N3O5. The normalized spacial score (nSPS) is 11.3. The molecule has 2 aromatic carbocycles. The summed E-state index contributed by atoms with van der Waals surface area (Å²) in [6.45, 7) is 1.48. The van der Waals surface area contributed by atoms with Crippen LogP contribution in [0, 0.1) is 0 Å². The van der Waals surface area contributed by atoms with Gasteiger partial charge in [0.15, 0.2) is 0 Å². The van der Waals surface area contributed by atoms with Gasteiger partial charge in [-0.25, -0.2) is 4.79 Å². The summed E-state index contributed by atoms with van der Waals surface area (Å²) >= 11 is 0. The van der Waals surface area contributed by atoms with Gasteiger partial charge in [-0.3, -0.25) is 4.79 Å². The highest BCUT2D eigenvalue weighted by Gasteiger charge is 2.16. The highest BCUT2D eigenvalue weighted by Crippen LogP contribution is 2.36. The molecule has 0 aliphatic carbocycles. The first kappa shape index (κ1) is 20.1. The number of anilines is 2. The number of nitrogens with one attached hydrogen (secondary N) is 3. The minimum atomic E-state index is -0.502. The number of carbonyl (C=O) groups excluding carboxylic acids is 2. The molecule has 4 N–H and O–H groups in total. The third-order valence-electron chi connectivity index (χ3n) is 3.71. The molecule has 0 bridgehead atoms. The number of urea groups is 1. The van der Waals surface area contributed by atoms with Gasteiger partial charge in [-0.1, -0.05) is 18.2 Å². The van der Waals surface area contributed by atoms with E-state index in [9.17, 15) is 9.59 Å². The van der Waals surface area contributed by atoms with Crippen LogP contribution in [0.2, 0.25) is 0 Å². The molecule has 0 aliphatic rings. The van der Waals surface area contributed by atoms with Crippen LogP contribution in [-0.2, 0) is 0 Å². The topological polar surface area (TPSA) is 109 Å². The number of methoxy groups -OCH3 is 2. The summed E-state index contributed by atoms with van der Waals surface area (Å²) in [5.41, 5.74) is 1.26. The number of amides is 3. The van der Waals surface area contributed by atoms with Gasteiger partial charge >= 0.3 is 6.03 Å². The van der Waals surface area contributed by atoms with Crippen LogP contribution >= 0.6 is 0 Å². The van der Waals surface area contributed by atoms with Crippen molar-refractivity contribution in [3.05, 3.63) is 48.0 Å². The predicted molar refractivity (Wildman–Crippen MR) is 103 cm³/mol. The van der Waals surface area contributed by atoms with Gasteiger partial charge in [0.05, 0.1) is 38.2 Å². The Hall–Kier alpha value is -3.26. The minimum Gasteiger partial charge on any atom is -0.494 e. The fourth-order valence-corrected chi connectivity index (χ4v) is 2.30. The minimum absolute atomic E-state index is 0.182. The van der Waals surface area contributed by atoms with Crippen molar-refractivity contribution in [1.82, 2.24) is 5.32 Å². The van der Waals surface area contributed by atoms with Crippen LogP contribution in [0.4, 0.5) is 16.2 Å². The standard InChI is InChI=1S/C19H23N3O5/c1-12(11-23)20-19(25)22-15-10-16(26-2)14(9-17(15)27-3)21-18(24)13-7-5-4-6-8-13/h4-10,12,23H,11H2,1-3H3,(H,21,24)(H2,20,22,25)/t12-/m1/s1. The number of aliphatic hydroxyl groups excluding tert-OH is 1. The van der Waals surface area contributed by atoms with E-state index in [4.69, 9.17) is 14.6 Å². The maximum absolute atomic E-state index is 12.4. The second-order valence-electron chi connectivity index (χ2n) is 5.76. The number of rotatable bonds is 7. The Balaban J connectivity index is 2.24. The Morgan fingerprint density at radius 2 is 1.56 bits per heavy atom. The molecule has 8 heteroatoms. The summed E-state index contributed by atoms with van der Waals surface area (Å²) in [6, 6.07) is 11.0. The zero-order chi connectivity index (χ0) is 19.8. The van der Waals surface area contributed by atoms with Gasteiger partial charge in [0, 0.05) is 17.7 Å². The summed E-state index contributed by atoms with van der Waals surface area (Å²) in [4.78, 5) is 24.4. The van der Waals surface area contributed by atoms with Crippen molar-refractivity contribution in [2.45, 2.75) is 13.0 Å².